The van der Waals surface area contributed by atoms with Crippen molar-refractivity contribution in [3.8, 4) is 5.75 Å². The van der Waals surface area contributed by atoms with E-state index >= 15 is 0 Å². The van der Waals surface area contributed by atoms with Gasteiger partial charge in [-0.3, -0.25) is 0 Å². The average Bonchev–Trinajstić information content (AvgIpc) is 2.85. The lowest BCUT2D eigenvalue weighted by Crippen LogP contribution is -2.04. The van der Waals surface area contributed by atoms with E-state index in [-0.39, 0.29) is 12.0 Å². The van der Waals surface area contributed by atoms with E-state index in [0.29, 0.717) is 6.61 Å². The molecule has 0 fully saturated rings. The fourth-order valence-corrected chi connectivity index (χ4v) is 3.14. The molecule has 0 spiro atoms. The molecule has 0 radical (unpaired) electrons. The van der Waals surface area contributed by atoms with E-state index in [4.69, 9.17) is 4.74 Å². The third-order valence-electron chi connectivity index (χ3n) is 3.51. The molecule has 1 aliphatic rings. The van der Waals surface area contributed by atoms with Crippen LogP contribution in [0.4, 0.5) is 8.78 Å². The molecule has 0 bridgehead atoms. The maximum Gasteiger partial charge on any atom is 0.126 e. The molecule has 0 saturated heterocycles. The number of aliphatic hydroxyl groups is 1. The third-order valence-corrected chi connectivity index (χ3v) is 3.97. The fraction of sp³-hybridized carbons (Fsp3) is 0.250. The van der Waals surface area contributed by atoms with Gasteiger partial charge in [-0.1, -0.05) is 15.9 Å². The SMILES string of the molecule is OC(Cc1cc(Br)cc2c1OCC2)c1cc(F)cc(F)c1. The van der Waals surface area contributed by atoms with E-state index in [9.17, 15) is 13.9 Å². The quantitative estimate of drug-likeness (QED) is 0.904. The van der Waals surface area contributed by atoms with Gasteiger partial charge in [-0.25, -0.2) is 8.78 Å². The van der Waals surface area contributed by atoms with Crippen LogP contribution in [-0.2, 0) is 12.8 Å². The fourth-order valence-electron chi connectivity index (χ4n) is 2.59. The average molecular weight is 355 g/mol. The number of halogens is 3. The van der Waals surface area contributed by atoms with Crippen LogP contribution in [0.1, 0.15) is 22.8 Å². The van der Waals surface area contributed by atoms with Crippen LogP contribution in [0.15, 0.2) is 34.8 Å². The Kier molecular flexibility index (Phi) is 3.95. The van der Waals surface area contributed by atoms with Crippen LogP contribution in [0.5, 0.6) is 5.75 Å². The first-order valence-electron chi connectivity index (χ1n) is 6.61. The highest BCUT2D eigenvalue weighted by atomic mass is 79.9. The van der Waals surface area contributed by atoms with Crippen molar-refractivity contribution in [1.29, 1.82) is 0 Å². The molecule has 0 saturated carbocycles. The highest BCUT2D eigenvalue weighted by Gasteiger charge is 2.20. The number of ether oxygens (including phenoxy) is 1. The van der Waals surface area contributed by atoms with Crippen molar-refractivity contribution in [2.75, 3.05) is 6.61 Å². The van der Waals surface area contributed by atoms with Gasteiger partial charge >= 0.3 is 0 Å². The number of fused-ring (bicyclic) bond motifs is 1. The molecule has 1 atom stereocenters. The number of benzene rings is 2. The van der Waals surface area contributed by atoms with Crippen LogP contribution in [0, 0.1) is 11.6 Å². The molecular weight excluding hydrogens is 342 g/mol. The first-order chi connectivity index (χ1) is 10.0. The van der Waals surface area contributed by atoms with Crippen LogP contribution in [0.2, 0.25) is 0 Å². The van der Waals surface area contributed by atoms with Crippen LogP contribution in [0.3, 0.4) is 0 Å². The lowest BCUT2D eigenvalue weighted by atomic mass is 9.98. The van der Waals surface area contributed by atoms with Crippen molar-refractivity contribution in [3.05, 3.63) is 63.1 Å². The number of hydrogen-bond donors (Lipinski definition) is 1. The van der Waals surface area contributed by atoms with Crippen molar-refractivity contribution in [3.63, 3.8) is 0 Å². The number of rotatable bonds is 3. The maximum atomic E-state index is 13.2. The van der Waals surface area contributed by atoms with E-state index < -0.39 is 17.7 Å². The van der Waals surface area contributed by atoms with Crippen LogP contribution in [0.25, 0.3) is 0 Å². The predicted molar refractivity (Wildman–Crippen MR) is 78.4 cm³/mol. The predicted octanol–water partition coefficient (Wildman–Crippen LogP) is 3.94. The molecule has 5 heteroatoms. The molecule has 110 valence electrons. The molecule has 0 aromatic heterocycles. The molecule has 1 N–H and O–H groups in total. The van der Waals surface area contributed by atoms with Gasteiger partial charge in [0.25, 0.3) is 0 Å². The smallest absolute Gasteiger partial charge is 0.126 e. The topological polar surface area (TPSA) is 29.5 Å². The number of aliphatic hydroxyl groups excluding tert-OH is 1. The van der Waals surface area contributed by atoms with Crippen molar-refractivity contribution in [1.82, 2.24) is 0 Å². The summed E-state index contributed by atoms with van der Waals surface area (Å²) >= 11 is 3.43. The minimum Gasteiger partial charge on any atom is -0.493 e. The summed E-state index contributed by atoms with van der Waals surface area (Å²) < 4.78 is 32.9. The Labute approximate surface area is 129 Å². The first kappa shape index (κ1) is 14.5. The summed E-state index contributed by atoms with van der Waals surface area (Å²) in [5.41, 5.74) is 2.13. The second kappa shape index (κ2) is 5.73. The highest BCUT2D eigenvalue weighted by molar-refractivity contribution is 9.10. The molecular formula is C16H13BrF2O2. The molecule has 21 heavy (non-hydrogen) atoms. The Hall–Kier alpha value is -1.46. The zero-order chi connectivity index (χ0) is 15.0. The van der Waals surface area contributed by atoms with Crippen molar-refractivity contribution >= 4 is 15.9 Å². The van der Waals surface area contributed by atoms with Gasteiger partial charge < -0.3 is 9.84 Å². The zero-order valence-electron chi connectivity index (χ0n) is 11.1. The molecule has 0 aliphatic carbocycles. The summed E-state index contributed by atoms with van der Waals surface area (Å²) in [5.74, 6) is -0.617. The summed E-state index contributed by atoms with van der Waals surface area (Å²) in [5, 5.41) is 10.2. The van der Waals surface area contributed by atoms with Crippen LogP contribution in [-0.4, -0.2) is 11.7 Å². The molecule has 2 aromatic carbocycles. The van der Waals surface area contributed by atoms with Gasteiger partial charge in [0.05, 0.1) is 12.7 Å². The zero-order valence-corrected chi connectivity index (χ0v) is 12.7. The summed E-state index contributed by atoms with van der Waals surface area (Å²) in [7, 11) is 0. The van der Waals surface area contributed by atoms with Crippen LogP contribution < -0.4 is 4.74 Å². The summed E-state index contributed by atoms with van der Waals surface area (Å²) in [6.07, 6.45) is 0.0784. The minimum atomic E-state index is -0.988. The Balaban J connectivity index is 1.90. The van der Waals surface area contributed by atoms with E-state index in [1.807, 2.05) is 12.1 Å². The maximum absolute atomic E-state index is 13.2. The largest absolute Gasteiger partial charge is 0.493 e. The van der Waals surface area contributed by atoms with Crippen molar-refractivity contribution in [2.24, 2.45) is 0 Å². The molecule has 1 unspecified atom stereocenters. The van der Waals surface area contributed by atoms with Gasteiger partial charge in [-0.05, 0) is 41.0 Å². The van der Waals surface area contributed by atoms with E-state index in [0.717, 1.165) is 46.0 Å². The van der Waals surface area contributed by atoms with Crippen LogP contribution >= 0.6 is 15.9 Å². The normalized spacial score (nSPS) is 14.7. The highest BCUT2D eigenvalue weighted by Crippen LogP contribution is 2.35. The van der Waals surface area contributed by atoms with Crippen molar-refractivity contribution in [2.45, 2.75) is 18.9 Å². The van der Waals surface area contributed by atoms with Crippen molar-refractivity contribution < 1.29 is 18.6 Å². The second-order valence-electron chi connectivity index (χ2n) is 5.07. The monoisotopic (exact) mass is 354 g/mol. The lowest BCUT2D eigenvalue weighted by Gasteiger charge is -2.14. The van der Waals surface area contributed by atoms with Gasteiger partial charge in [0.1, 0.15) is 17.4 Å². The third kappa shape index (κ3) is 3.09. The van der Waals surface area contributed by atoms with Gasteiger partial charge in [0.2, 0.25) is 0 Å². The van der Waals surface area contributed by atoms with Gasteiger partial charge in [-0.15, -0.1) is 0 Å². The summed E-state index contributed by atoms with van der Waals surface area (Å²) in [4.78, 5) is 0. The molecule has 2 aromatic rings. The Morgan fingerprint density at radius 1 is 1.14 bits per heavy atom. The minimum absolute atomic E-state index is 0.222. The first-order valence-corrected chi connectivity index (χ1v) is 7.40. The second-order valence-corrected chi connectivity index (χ2v) is 5.99. The Bertz CT molecular complexity index is 668. The summed E-state index contributed by atoms with van der Waals surface area (Å²) in [6.45, 7) is 0.615. The molecule has 1 aliphatic heterocycles. The lowest BCUT2D eigenvalue weighted by molar-refractivity contribution is 0.176. The van der Waals surface area contributed by atoms with Gasteiger partial charge in [-0.2, -0.15) is 0 Å². The molecule has 0 amide bonds. The van der Waals surface area contributed by atoms with E-state index in [1.54, 1.807) is 0 Å². The Morgan fingerprint density at radius 2 is 1.86 bits per heavy atom. The van der Waals surface area contributed by atoms with E-state index in [2.05, 4.69) is 15.9 Å². The van der Waals surface area contributed by atoms with E-state index in [1.165, 1.54) is 0 Å². The molecule has 3 rings (SSSR count). The number of hydrogen-bond acceptors (Lipinski definition) is 2. The molecule has 2 nitrogen and oxygen atoms in total. The summed E-state index contributed by atoms with van der Waals surface area (Å²) in [6, 6.07) is 6.93. The Morgan fingerprint density at radius 3 is 2.57 bits per heavy atom. The van der Waals surface area contributed by atoms with Gasteiger partial charge in [0.15, 0.2) is 0 Å². The standard InChI is InChI=1S/C16H13BrF2O2/c17-12-3-9-1-2-21-16(9)11(4-12)7-15(20)10-5-13(18)8-14(19)6-10/h3-6,8,15,20H,1-2,7H2. The molecule has 1 heterocycles. The van der Waals surface area contributed by atoms with Gasteiger partial charge in [0, 0.05) is 23.4 Å².